The molecule has 1 aliphatic heterocycles. The van der Waals surface area contributed by atoms with Crippen molar-refractivity contribution in [1.29, 1.82) is 0 Å². The highest BCUT2D eigenvalue weighted by Crippen LogP contribution is 2.41. The van der Waals surface area contributed by atoms with E-state index in [1.807, 2.05) is 49.4 Å². The van der Waals surface area contributed by atoms with Crippen LogP contribution in [0, 0.1) is 3.57 Å². The quantitative estimate of drug-likeness (QED) is 0.496. The summed E-state index contributed by atoms with van der Waals surface area (Å²) < 4.78 is 12.0. The van der Waals surface area contributed by atoms with Gasteiger partial charge >= 0.3 is 0 Å². The van der Waals surface area contributed by atoms with Crippen LogP contribution in [-0.2, 0) is 0 Å². The first-order valence-corrected chi connectivity index (χ1v) is 9.07. The van der Waals surface area contributed by atoms with Gasteiger partial charge in [0, 0.05) is 10.5 Å². The smallest absolute Gasteiger partial charge is 0.200 e. The molecule has 0 aromatic heterocycles. The number of methoxy groups -OCH3 is 1. The minimum Gasteiger partial charge on any atom is -0.492 e. The van der Waals surface area contributed by atoms with Crippen LogP contribution in [0.1, 0.15) is 22.8 Å². The Morgan fingerprint density at radius 1 is 1.26 bits per heavy atom. The maximum Gasteiger partial charge on any atom is 0.200 e. The topological polar surface area (TPSA) is 35.5 Å². The van der Waals surface area contributed by atoms with Gasteiger partial charge < -0.3 is 9.47 Å². The highest BCUT2D eigenvalue weighted by Gasteiger charge is 2.25. The van der Waals surface area contributed by atoms with E-state index in [0.29, 0.717) is 12.4 Å². The molecule has 0 saturated heterocycles. The van der Waals surface area contributed by atoms with E-state index in [4.69, 9.17) is 9.47 Å². The molecule has 3 rings (SSSR count). The van der Waals surface area contributed by atoms with Crippen molar-refractivity contribution in [2.75, 3.05) is 13.7 Å². The first-order chi connectivity index (χ1) is 11.1. The van der Waals surface area contributed by atoms with Crippen molar-refractivity contribution >= 4 is 46.2 Å². The number of hydrogen-bond acceptors (Lipinski definition) is 4. The predicted octanol–water partition coefficient (Wildman–Crippen LogP) is 5.03. The number of allylic oxidation sites excluding steroid dienone is 1. The largest absolute Gasteiger partial charge is 0.492 e. The molecule has 2 aromatic rings. The average Bonchev–Trinajstić information content (AvgIpc) is 2.84. The summed E-state index contributed by atoms with van der Waals surface area (Å²) in [5.41, 5.74) is 1.71. The highest BCUT2D eigenvalue weighted by molar-refractivity contribution is 14.1. The molecule has 0 fully saturated rings. The summed E-state index contributed by atoms with van der Waals surface area (Å²) >= 11 is 3.73. The second kappa shape index (κ2) is 6.97. The Morgan fingerprint density at radius 3 is 2.74 bits per heavy atom. The van der Waals surface area contributed by atoms with Crippen LogP contribution in [0.2, 0.25) is 0 Å². The molecule has 0 spiro atoms. The molecule has 0 N–H and O–H groups in total. The van der Waals surface area contributed by atoms with Gasteiger partial charge in [-0.05, 0) is 65.4 Å². The summed E-state index contributed by atoms with van der Waals surface area (Å²) in [5.74, 6) is 1.50. The molecule has 1 heterocycles. The Labute approximate surface area is 153 Å². The molecule has 23 heavy (non-hydrogen) atoms. The van der Waals surface area contributed by atoms with Crippen LogP contribution >= 0.6 is 34.4 Å². The lowest BCUT2D eigenvalue weighted by molar-refractivity contribution is 0.104. The van der Waals surface area contributed by atoms with Gasteiger partial charge in [0.25, 0.3) is 0 Å². The first-order valence-electron chi connectivity index (χ1n) is 7.17. The van der Waals surface area contributed by atoms with Crippen LogP contribution in [0.25, 0.3) is 6.08 Å². The van der Waals surface area contributed by atoms with E-state index in [0.717, 1.165) is 30.2 Å². The molecule has 0 unspecified atom stereocenters. The maximum absolute atomic E-state index is 12.5. The molecule has 0 aliphatic carbocycles. The van der Waals surface area contributed by atoms with Crippen LogP contribution in [0.15, 0.2) is 46.2 Å². The number of Topliss-reactive ketones (excluding diaryl/α,β-unsaturated/α-hetero) is 1. The van der Waals surface area contributed by atoms with Crippen molar-refractivity contribution in [1.82, 2.24) is 0 Å². The second-order valence-corrected chi connectivity index (χ2v) is 7.15. The van der Waals surface area contributed by atoms with E-state index < -0.39 is 0 Å². The number of ether oxygens (including phenoxy) is 2. The number of hydrogen-bond donors (Lipinski definition) is 0. The van der Waals surface area contributed by atoms with Crippen LogP contribution in [0.4, 0.5) is 0 Å². The third-order valence-electron chi connectivity index (χ3n) is 3.41. The Kier molecular flexibility index (Phi) is 4.96. The molecular formula is C18H15IO3S. The minimum absolute atomic E-state index is 0.0781. The van der Waals surface area contributed by atoms with E-state index >= 15 is 0 Å². The monoisotopic (exact) mass is 438 g/mol. The number of fused-ring (bicyclic) bond motifs is 1. The van der Waals surface area contributed by atoms with Gasteiger partial charge in [-0.2, -0.15) is 0 Å². The molecule has 0 radical (unpaired) electrons. The first kappa shape index (κ1) is 16.4. The molecule has 1 aliphatic rings. The third kappa shape index (κ3) is 3.26. The SMILES string of the molecule is CCOc1cc(C=C2Sc3ccccc3C2=O)cc(I)c1OC. The standard InChI is InChI=1S/C18H15IO3S/c1-3-22-14-9-11(8-13(19)18(14)21-2)10-16-17(20)12-6-4-5-7-15(12)23-16/h4-10H,3H2,1-2H3. The van der Waals surface area contributed by atoms with Crippen molar-refractivity contribution in [3.05, 3.63) is 56.0 Å². The minimum atomic E-state index is 0.0781. The van der Waals surface area contributed by atoms with Gasteiger partial charge in [-0.3, -0.25) is 4.79 Å². The van der Waals surface area contributed by atoms with E-state index in [1.165, 1.54) is 11.8 Å². The van der Waals surface area contributed by atoms with Crippen LogP contribution in [0.3, 0.4) is 0 Å². The van der Waals surface area contributed by atoms with E-state index in [-0.39, 0.29) is 5.78 Å². The number of halogens is 1. The molecule has 5 heteroatoms. The van der Waals surface area contributed by atoms with E-state index in [2.05, 4.69) is 22.6 Å². The normalized spacial score (nSPS) is 14.9. The second-order valence-electron chi connectivity index (χ2n) is 4.90. The Balaban J connectivity index is 1.99. The van der Waals surface area contributed by atoms with Gasteiger partial charge in [0.1, 0.15) is 0 Å². The number of carbonyl (C=O) groups is 1. The average molecular weight is 438 g/mol. The van der Waals surface area contributed by atoms with E-state index in [1.54, 1.807) is 7.11 Å². The lowest BCUT2D eigenvalue weighted by Gasteiger charge is -2.12. The molecule has 3 nitrogen and oxygen atoms in total. The molecule has 118 valence electrons. The lowest BCUT2D eigenvalue weighted by Crippen LogP contribution is -1.98. The van der Waals surface area contributed by atoms with Crippen LogP contribution < -0.4 is 9.47 Å². The van der Waals surface area contributed by atoms with Crippen molar-refractivity contribution in [2.45, 2.75) is 11.8 Å². The summed E-state index contributed by atoms with van der Waals surface area (Å²) in [6, 6.07) is 11.6. The van der Waals surface area contributed by atoms with Crippen molar-refractivity contribution in [2.24, 2.45) is 0 Å². The zero-order valence-corrected chi connectivity index (χ0v) is 15.7. The van der Waals surface area contributed by atoms with Gasteiger partial charge in [-0.15, -0.1) is 0 Å². The highest BCUT2D eigenvalue weighted by atomic mass is 127. The van der Waals surface area contributed by atoms with Crippen LogP contribution in [-0.4, -0.2) is 19.5 Å². The maximum atomic E-state index is 12.5. The fourth-order valence-corrected chi connectivity index (χ4v) is 4.32. The van der Waals surface area contributed by atoms with Gasteiger partial charge in [0.05, 0.1) is 22.2 Å². The van der Waals surface area contributed by atoms with Gasteiger partial charge in [-0.1, -0.05) is 23.9 Å². The number of benzene rings is 2. The molecule has 0 atom stereocenters. The molecular weight excluding hydrogens is 423 g/mol. The molecule has 0 amide bonds. The Hall–Kier alpha value is -1.47. The van der Waals surface area contributed by atoms with Gasteiger partial charge in [0.2, 0.25) is 5.78 Å². The summed E-state index contributed by atoms with van der Waals surface area (Å²) in [6.45, 7) is 2.50. The number of ketones is 1. The zero-order valence-electron chi connectivity index (χ0n) is 12.8. The predicted molar refractivity (Wildman–Crippen MR) is 101 cm³/mol. The lowest BCUT2D eigenvalue weighted by atomic mass is 10.1. The fourth-order valence-electron chi connectivity index (χ4n) is 2.42. The van der Waals surface area contributed by atoms with Crippen molar-refractivity contribution in [3.8, 4) is 11.5 Å². The molecule has 0 saturated carbocycles. The Morgan fingerprint density at radius 2 is 2.04 bits per heavy atom. The van der Waals surface area contributed by atoms with Crippen LogP contribution in [0.5, 0.6) is 11.5 Å². The van der Waals surface area contributed by atoms with Gasteiger partial charge in [-0.25, -0.2) is 0 Å². The molecule has 2 aromatic carbocycles. The third-order valence-corrected chi connectivity index (χ3v) is 5.31. The summed E-state index contributed by atoms with van der Waals surface area (Å²) in [5, 5.41) is 0. The number of carbonyl (C=O) groups excluding carboxylic acids is 1. The van der Waals surface area contributed by atoms with E-state index in [9.17, 15) is 4.79 Å². The number of rotatable bonds is 4. The Bertz CT molecular complexity index is 799. The van der Waals surface area contributed by atoms with Crippen molar-refractivity contribution < 1.29 is 14.3 Å². The summed E-state index contributed by atoms with van der Waals surface area (Å²) in [4.78, 5) is 14.2. The van der Waals surface area contributed by atoms with Gasteiger partial charge in [0.15, 0.2) is 11.5 Å². The fraction of sp³-hybridized carbons (Fsp3) is 0.167. The summed E-state index contributed by atoms with van der Waals surface area (Å²) in [6.07, 6.45) is 1.91. The number of thioether (sulfide) groups is 1. The zero-order chi connectivity index (χ0) is 16.4. The van der Waals surface area contributed by atoms with Crippen molar-refractivity contribution in [3.63, 3.8) is 0 Å². The molecule has 0 bridgehead atoms. The summed E-state index contributed by atoms with van der Waals surface area (Å²) in [7, 11) is 1.63.